The molecule has 1 aromatic heterocycles. The summed E-state index contributed by atoms with van der Waals surface area (Å²) >= 11 is 17.1. The van der Waals surface area contributed by atoms with E-state index in [0.29, 0.717) is 43.6 Å². The fourth-order valence-electron chi connectivity index (χ4n) is 4.35. The lowest BCUT2D eigenvalue weighted by Gasteiger charge is -2.17. The number of carbonyl (C=O) groups excluding carboxylic acids is 1. The molecule has 0 bridgehead atoms. The molecule has 0 saturated heterocycles. The zero-order valence-corrected chi connectivity index (χ0v) is 23.1. The number of amides is 1. The van der Waals surface area contributed by atoms with Crippen molar-refractivity contribution in [2.24, 2.45) is 0 Å². The van der Waals surface area contributed by atoms with Gasteiger partial charge in [0, 0.05) is 37.1 Å². The molecule has 1 saturated carbocycles. The fraction of sp³-hybridized carbons (Fsp3) is 0.222. The van der Waals surface area contributed by atoms with Gasteiger partial charge in [-0.25, -0.2) is 0 Å². The maximum absolute atomic E-state index is 12.7. The number of anilines is 1. The lowest BCUT2D eigenvalue weighted by atomic mass is 9.94. The Morgan fingerprint density at radius 3 is 2.29 bits per heavy atom. The summed E-state index contributed by atoms with van der Waals surface area (Å²) in [5, 5.41) is 7.82. The third-order valence-electron chi connectivity index (χ3n) is 6.60. The van der Waals surface area contributed by atoms with Gasteiger partial charge in [0.25, 0.3) is 5.89 Å². The van der Waals surface area contributed by atoms with Crippen LogP contribution < -0.4 is 5.32 Å². The van der Waals surface area contributed by atoms with Gasteiger partial charge < -0.3 is 14.4 Å². The van der Waals surface area contributed by atoms with Crippen molar-refractivity contribution in [2.45, 2.75) is 36.9 Å². The predicted octanol–water partition coefficient (Wildman–Crippen LogP) is 6.90. The van der Waals surface area contributed by atoms with E-state index < -0.39 is 21.7 Å². The molecule has 2 atom stereocenters. The molecule has 5 rings (SSSR count). The smallest absolute Gasteiger partial charge is 0.257 e. The quantitative estimate of drug-likeness (QED) is 0.224. The Balaban J connectivity index is 1.31. The van der Waals surface area contributed by atoms with Gasteiger partial charge in [-0.2, -0.15) is 4.98 Å². The molecule has 196 valence electrons. The molecule has 1 fully saturated rings. The van der Waals surface area contributed by atoms with Crippen LogP contribution in [0.1, 0.15) is 47.5 Å². The van der Waals surface area contributed by atoms with Crippen molar-refractivity contribution in [1.82, 2.24) is 10.1 Å². The van der Waals surface area contributed by atoms with Crippen molar-refractivity contribution in [1.29, 1.82) is 0 Å². The summed E-state index contributed by atoms with van der Waals surface area (Å²) in [5.41, 5.74) is 2.76. The van der Waals surface area contributed by atoms with Gasteiger partial charge >= 0.3 is 0 Å². The molecule has 1 aliphatic carbocycles. The number of aromatic nitrogens is 2. The van der Waals surface area contributed by atoms with Crippen LogP contribution in [0, 0.1) is 0 Å². The number of hydrogen-bond acceptors (Lipinski definition) is 6. The maximum Gasteiger partial charge on any atom is 0.257 e. The predicted molar refractivity (Wildman–Crippen MR) is 147 cm³/mol. The van der Waals surface area contributed by atoms with Crippen LogP contribution in [0.4, 0.5) is 5.69 Å². The van der Waals surface area contributed by atoms with E-state index in [1.165, 1.54) is 0 Å². The Labute approximate surface area is 236 Å². The first-order chi connectivity index (χ1) is 18.2. The van der Waals surface area contributed by atoms with Gasteiger partial charge in [0.2, 0.25) is 5.91 Å². The molecule has 4 aromatic rings. The Morgan fingerprint density at radius 2 is 1.71 bits per heavy atom. The molecule has 0 radical (unpaired) electrons. The van der Waals surface area contributed by atoms with E-state index in [2.05, 4.69) is 15.5 Å². The second-order valence-electron chi connectivity index (χ2n) is 9.20. The van der Waals surface area contributed by atoms with Crippen LogP contribution >= 0.6 is 34.8 Å². The molecular formula is C27H21Cl3N3O4S-. The molecule has 11 heteroatoms. The van der Waals surface area contributed by atoms with E-state index in [9.17, 15) is 13.6 Å². The molecule has 7 nitrogen and oxygen atoms in total. The van der Waals surface area contributed by atoms with Crippen LogP contribution in [0.2, 0.25) is 15.1 Å². The first-order valence-electron chi connectivity index (χ1n) is 11.7. The monoisotopic (exact) mass is 588 g/mol. The third-order valence-corrected chi connectivity index (χ3v) is 8.30. The van der Waals surface area contributed by atoms with E-state index in [-0.39, 0.29) is 12.3 Å². The number of benzene rings is 3. The van der Waals surface area contributed by atoms with Gasteiger partial charge in [-0.1, -0.05) is 64.2 Å². The van der Waals surface area contributed by atoms with Crippen LogP contribution in [-0.4, -0.2) is 24.8 Å². The standard InChI is InChI=1S/C27H22Cl3N3O4S/c1-15(38(35)36)17-4-2-16(3-5-17)12-23(34)31-20-13-21(29)24(22(30)14-20)27(10-11-27)26-32-25(37-33-26)18-6-8-19(28)9-7-18/h2-9,13-15H,10-12H2,1H3,(H,31,34)(H,35,36)/p-1. The van der Waals surface area contributed by atoms with E-state index >= 15 is 0 Å². The highest BCUT2D eigenvalue weighted by Gasteiger charge is 2.52. The fourth-order valence-corrected chi connectivity index (χ4v) is 5.70. The molecule has 2 unspecified atom stereocenters. The summed E-state index contributed by atoms with van der Waals surface area (Å²) in [4.78, 5) is 17.3. The van der Waals surface area contributed by atoms with Gasteiger partial charge in [-0.05, 0) is 78.4 Å². The second-order valence-corrected chi connectivity index (χ2v) is 11.7. The van der Waals surface area contributed by atoms with Crippen LogP contribution in [0.15, 0.2) is 65.2 Å². The molecule has 38 heavy (non-hydrogen) atoms. The number of halogens is 3. The Morgan fingerprint density at radius 1 is 1.08 bits per heavy atom. The highest BCUT2D eigenvalue weighted by molar-refractivity contribution is 7.79. The summed E-state index contributed by atoms with van der Waals surface area (Å²) in [5.74, 6) is 0.620. The highest BCUT2D eigenvalue weighted by Crippen LogP contribution is 2.57. The maximum atomic E-state index is 12.7. The summed E-state index contributed by atoms with van der Waals surface area (Å²) in [6, 6.07) is 17.3. The molecule has 1 aliphatic rings. The summed E-state index contributed by atoms with van der Waals surface area (Å²) in [6.45, 7) is 1.60. The minimum Gasteiger partial charge on any atom is -0.772 e. The summed E-state index contributed by atoms with van der Waals surface area (Å²) in [7, 11) is 0. The average Bonchev–Trinajstić information content (AvgIpc) is 3.50. The zero-order chi connectivity index (χ0) is 27.0. The SMILES string of the molecule is CC(c1ccc(CC(=O)Nc2cc(Cl)c(C3(c4noc(-c5ccc(Cl)cc5)n4)CC3)c(Cl)c2)cc1)S(=O)[O-]. The molecular weight excluding hydrogens is 569 g/mol. The molecule has 0 aliphatic heterocycles. The normalized spacial score (nSPS) is 15.6. The van der Waals surface area contributed by atoms with Crippen LogP contribution in [0.25, 0.3) is 11.5 Å². The van der Waals surface area contributed by atoms with Crippen molar-refractivity contribution in [2.75, 3.05) is 5.32 Å². The van der Waals surface area contributed by atoms with Crippen molar-refractivity contribution < 1.29 is 18.1 Å². The van der Waals surface area contributed by atoms with Gasteiger partial charge in [0.05, 0.1) is 11.8 Å². The van der Waals surface area contributed by atoms with E-state index in [1.807, 2.05) is 0 Å². The first kappa shape index (κ1) is 26.8. The molecule has 1 amide bonds. The van der Waals surface area contributed by atoms with Crippen molar-refractivity contribution >= 4 is 57.5 Å². The Hall–Kier alpha value is -2.75. The Bertz CT molecular complexity index is 1500. The lowest BCUT2D eigenvalue weighted by molar-refractivity contribution is -0.115. The number of nitrogens with zero attached hydrogens (tertiary/aromatic N) is 2. The van der Waals surface area contributed by atoms with Crippen molar-refractivity contribution in [3.8, 4) is 11.5 Å². The van der Waals surface area contributed by atoms with Crippen LogP contribution in [-0.2, 0) is 27.7 Å². The van der Waals surface area contributed by atoms with E-state index in [1.54, 1.807) is 67.6 Å². The van der Waals surface area contributed by atoms with Crippen molar-refractivity contribution in [3.63, 3.8) is 0 Å². The number of carbonyl (C=O) groups is 1. The second kappa shape index (κ2) is 10.8. The Kier molecular flexibility index (Phi) is 7.62. The average molecular weight is 590 g/mol. The number of nitrogens with one attached hydrogen (secondary N) is 1. The first-order valence-corrected chi connectivity index (χ1v) is 14.0. The largest absolute Gasteiger partial charge is 0.772 e. The molecule has 0 spiro atoms. The minimum atomic E-state index is -2.21. The lowest BCUT2D eigenvalue weighted by Crippen LogP contribution is -2.16. The summed E-state index contributed by atoms with van der Waals surface area (Å²) in [6.07, 6.45) is 1.62. The van der Waals surface area contributed by atoms with Gasteiger partial charge in [0.15, 0.2) is 5.82 Å². The molecule has 1 heterocycles. The number of hydrogen-bond donors (Lipinski definition) is 1. The zero-order valence-electron chi connectivity index (χ0n) is 20.0. The third kappa shape index (κ3) is 5.51. The number of rotatable bonds is 8. The van der Waals surface area contributed by atoms with E-state index in [0.717, 1.165) is 24.0 Å². The highest BCUT2D eigenvalue weighted by atomic mass is 35.5. The topological polar surface area (TPSA) is 108 Å². The van der Waals surface area contributed by atoms with E-state index in [4.69, 9.17) is 39.3 Å². The van der Waals surface area contributed by atoms with Gasteiger partial charge in [-0.3, -0.25) is 9.00 Å². The van der Waals surface area contributed by atoms with Crippen LogP contribution in [0.3, 0.4) is 0 Å². The van der Waals surface area contributed by atoms with Gasteiger partial charge in [0.1, 0.15) is 0 Å². The summed E-state index contributed by atoms with van der Waals surface area (Å²) < 4.78 is 27.8. The van der Waals surface area contributed by atoms with Gasteiger partial charge in [-0.15, -0.1) is 0 Å². The molecule has 1 N–H and O–H groups in total. The van der Waals surface area contributed by atoms with Crippen molar-refractivity contribution in [3.05, 3.63) is 98.2 Å². The minimum absolute atomic E-state index is 0.104. The van der Waals surface area contributed by atoms with Crippen LogP contribution in [0.5, 0.6) is 0 Å². The molecule has 3 aromatic carbocycles.